The summed E-state index contributed by atoms with van der Waals surface area (Å²) in [4.78, 5) is 22.6. The fourth-order valence-corrected chi connectivity index (χ4v) is 1.82. The summed E-state index contributed by atoms with van der Waals surface area (Å²) in [6.07, 6.45) is 1.63. The Kier molecular flexibility index (Phi) is 4.37. The molecule has 0 saturated carbocycles. The maximum atomic E-state index is 11.8. The first-order valence-corrected chi connectivity index (χ1v) is 5.98. The highest BCUT2D eigenvalue weighted by Crippen LogP contribution is 2.18. The Morgan fingerprint density at radius 1 is 1.44 bits per heavy atom. The van der Waals surface area contributed by atoms with E-state index in [1.165, 1.54) is 0 Å². The van der Waals surface area contributed by atoms with Gasteiger partial charge in [-0.05, 0) is 18.4 Å². The Labute approximate surface area is 97.8 Å². The van der Waals surface area contributed by atoms with Gasteiger partial charge in [-0.2, -0.15) is 0 Å². The Balaban J connectivity index is 2.80. The van der Waals surface area contributed by atoms with Crippen molar-refractivity contribution in [1.29, 1.82) is 0 Å². The van der Waals surface area contributed by atoms with Gasteiger partial charge >= 0.3 is 5.97 Å². The Morgan fingerprint density at radius 3 is 2.56 bits per heavy atom. The zero-order valence-electron chi connectivity index (χ0n) is 8.84. The van der Waals surface area contributed by atoms with Crippen LogP contribution in [-0.4, -0.2) is 28.4 Å². The normalized spacial score (nSPS) is 12.1. The van der Waals surface area contributed by atoms with Crippen LogP contribution in [0.1, 0.15) is 16.8 Å². The third kappa shape index (κ3) is 3.00. The minimum atomic E-state index is -0.977. The number of nitrogens with two attached hydrogens (primary N) is 1. The summed E-state index contributed by atoms with van der Waals surface area (Å²) in [6.45, 7) is 0. The monoisotopic (exact) mass is 239 g/mol. The second kappa shape index (κ2) is 5.55. The number of rotatable bonds is 5. The molecule has 1 unspecified atom stereocenters. The van der Waals surface area contributed by atoms with Crippen molar-refractivity contribution in [2.24, 2.45) is 0 Å². The summed E-state index contributed by atoms with van der Waals surface area (Å²) in [6, 6.07) is 6.67. The van der Waals surface area contributed by atoms with E-state index in [1.807, 2.05) is 0 Å². The summed E-state index contributed by atoms with van der Waals surface area (Å²) >= 11 is 1.15. The van der Waals surface area contributed by atoms with Gasteiger partial charge in [0.1, 0.15) is 5.25 Å². The van der Waals surface area contributed by atoms with Crippen LogP contribution in [-0.2, 0) is 4.79 Å². The van der Waals surface area contributed by atoms with Gasteiger partial charge in [0.2, 0.25) is 0 Å². The quantitative estimate of drug-likeness (QED) is 0.603. The van der Waals surface area contributed by atoms with E-state index < -0.39 is 11.2 Å². The number of carboxylic acid groups (broad SMARTS) is 1. The number of hydrogen-bond donors (Lipinski definition) is 2. The van der Waals surface area contributed by atoms with Crippen molar-refractivity contribution in [3.8, 4) is 0 Å². The van der Waals surface area contributed by atoms with E-state index in [-0.39, 0.29) is 12.2 Å². The number of anilines is 1. The van der Waals surface area contributed by atoms with Crippen molar-refractivity contribution in [3.63, 3.8) is 0 Å². The number of ketones is 1. The van der Waals surface area contributed by atoms with Crippen molar-refractivity contribution in [2.75, 3.05) is 12.0 Å². The molecule has 1 rings (SSSR count). The number of carboxylic acids is 1. The van der Waals surface area contributed by atoms with Crippen molar-refractivity contribution >= 4 is 29.2 Å². The predicted molar refractivity (Wildman–Crippen MR) is 64.7 cm³/mol. The molecule has 0 radical (unpaired) electrons. The molecule has 1 aromatic rings. The first-order valence-electron chi connectivity index (χ1n) is 4.69. The molecule has 5 heteroatoms. The van der Waals surface area contributed by atoms with Gasteiger partial charge in [-0.15, -0.1) is 11.8 Å². The van der Waals surface area contributed by atoms with Crippen molar-refractivity contribution in [2.45, 2.75) is 11.7 Å². The van der Waals surface area contributed by atoms with Gasteiger partial charge in [-0.25, -0.2) is 0 Å². The zero-order valence-corrected chi connectivity index (χ0v) is 9.66. The molecular weight excluding hydrogens is 226 g/mol. The molecule has 3 N–H and O–H groups in total. The lowest BCUT2D eigenvalue weighted by atomic mass is 10.0. The molecule has 4 nitrogen and oxygen atoms in total. The van der Waals surface area contributed by atoms with E-state index in [1.54, 1.807) is 30.5 Å². The second-order valence-electron chi connectivity index (χ2n) is 3.28. The number of aliphatic carboxylic acids is 1. The number of Topliss-reactive ketones (excluding diaryl/α,β-unsaturated/α-hetero) is 1. The molecule has 0 saturated heterocycles. The van der Waals surface area contributed by atoms with Crippen molar-refractivity contribution in [1.82, 2.24) is 0 Å². The maximum absolute atomic E-state index is 11.8. The number of thioether (sulfide) groups is 1. The van der Waals surface area contributed by atoms with Crippen LogP contribution >= 0.6 is 11.8 Å². The molecular formula is C11H13NO3S. The number of carbonyl (C=O) groups excluding carboxylic acids is 1. The van der Waals surface area contributed by atoms with E-state index in [9.17, 15) is 9.59 Å². The molecule has 0 aliphatic carbocycles. The molecule has 0 spiro atoms. The summed E-state index contributed by atoms with van der Waals surface area (Å²) in [5.41, 5.74) is 6.42. The Bertz CT molecular complexity index is 406. The van der Waals surface area contributed by atoms with E-state index >= 15 is 0 Å². The van der Waals surface area contributed by atoms with Gasteiger partial charge in [0.15, 0.2) is 5.78 Å². The lowest BCUT2D eigenvalue weighted by Gasteiger charge is -2.09. The number of hydrogen-bond acceptors (Lipinski definition) is 4. The summed E-state index contributed by atoms with van der Waals surface area (Å²) in [5, 5.41) is 8.12. The average molecular weight is 239 g/mol. The lowest BCUT2D eigenvalue weighted by molar-refractivity contribution is -0.136. The molecule has 16 heavy (non-hydrogen) atoms. The summed E-state index contributed by atoms with van der Waals surface area (Å²) < 4.78 is 0. The highest BCUT2D eigenvalue weighted by atomic mass is 32.2. The standard InChI is InChI=1S/C11H13NO3S/c1-16-10(11(14)15)6-9(13)7-4-2-3-5-8(7)12/h2-5,10H,6,12H2,1H3,(H,14,15). The molecule has 86 valence electrons. The van der Waals surface area contributed by atoms with E-state index in [2.05, 4.69) is 0 Å². The molecule has 0 aliphatic heterocycles. The first kappa shape index (κ1) is 12.6. The smallest absolute Gasteiger partial charge is 0.317 e. The SMILES string of the molecule is CSC(CC(=O)c1ccccc1N)C(=O)O. The van der Waals surface area contributed by atoms with Crippen LogP contribution in [0.2, 0.25) is 0 Å². The molecule has 1 atom stereocenters. The maximum Gasteiger partial charge on any atom is 0.317 e. The molecule has 0 heterocycles. The fourth-order valence-electron chi connectivity index (χ4n) is 1.30. The molecule has 0 fully saturated rings. The van der Waals surface area contributed by atoms with Crippen LogP contribution in [0.3, 0.4) is 0 Å². The topological polar surface area (TPSA) is 80.4 Å². The Morgan fingerprint density at radius 2 is 2.06 bits per heavy atom. The fraction of sp³-hybridized carbons (Fsp3) is 0.273. The second-order valence-corrected chi connectivity index (χ2v) is 4.32. The molecule has 0 aliphatic rings. The summed E-state index contributed by atoms with van der Waals surface area (Å²) in [7, 11) is 0. The van der Waals surface area contributed by atoms with Crippen molar-refractivity contribution in [3.05, 3.63) is 29.8 Å². The first-order chi connectivity index (χ1) is 7.56. The molecule has 0 bridgehead atoms. The average Bonchev–Trinajstić information content (AvgIpc) is 2.25. The largest absolute Gasteiger partial charge is 0.480 e. The lowest BCUT2D eigenvalue weighted by Crippen LogP contribution is -2.20. The van der Waals surface area contributed by atoms with Crippen molar-refractivity contribution < 1.29 is 14.7 Å². The zero-order chi connectivity index (χ0) is 12.1. The number of carbonyl (C=O) groups is 2. The minimum absolute atomic E-state index is 0.0370. The third-order valence-corrected chi connectivity index (χ3v) is 3.13. The molecule has 1 aromatic carbocycles. The van der Waals surface area contributed by atoms with Gasteiger partial charge in [-0.1, -0.05) is 12.1 Å². The van der Waals surface area contributed by atoms with Crippen LogP contribution in [0.4, 0.5) is 5.69 Å². The van der Waals surface area contributed by atoms with Gasteiger partial charge in [0.05, 0.1) is 0 Å². The van der Waals surface area contributed by atoms with E-state index in [0.29, 0.717) is 11.3 Å². The van der Waals surface area contributed by atoms with Gasteiger partial charge in [0, 0.05) is 17.7 Å². The van der Waals surface area contributed by atoms with Crippen LogP contribution in [0, 0.1) is 0 Å². The number of benzene rings is 1. The predicted octanol–water partition coefficient (Wildman–Crippen LogP) is 1.66. The van der Waals surface area contributed by atoms with Gasteiger partial charge in [0.25, 0.3) is 0 Å². The summed E-state index contributed by atoms with van der Waals surface area (Å²) in [5.74, 6) is -1.21. The highest BCUT2D eigenvalue weighted by Gasteiger charge is 2.21. The number of para-hydroxylation sites is 1. The van der Waals surface area contributed by atoms with Gasteiger partial charge in [-0.3, -0.25) is 9.59 Å². The minimum Gasteiger partial charge on any atom is -0.480 e. The van der Waals surface area contributed by atoms with Crippen LogP contribution in [0.15, 0.2) is 24.3 Å². The molecule has 0 amide bonds. The Hall–Kier alpha value is -1.49. The van der Waals surface area contributed by atoms with E-state index in [0.717, 1.165) is 11.8 Å². The van der Waals surface area contributed by atoms with E-state index in [4.69, 9.17) is 10.8 Å². The van der Waals surface area contributed by atoms with Gasteiger partial charge < -0.3 is 10.8 Å². The third-order valence-electron chi connectivity index (χ3n) is 2.19. The highest BCUT2D eigenvalue weighted by molar-refractivity contribution is 7.99. The molecule has 0 aromatic heterocycles. The van der Waals surface area contributed by atoms with Crippen LogP contribution in [0.25, 0.3) is 0 Å². The number of nitrogen functional groups attached to an aromatic ring is 1. The van der Waals surface area contributed by atoms with Crippen LogP contribution < -0.4 is 5.73 Å². The van der Waals surface area contributed by atoms with Crippen LogP contribution in [0.5, 0.6) is 0 Å².